The lowest BCUT2D eigenvalue weighted by atomic mass is 9.75. The summed E-state index contributed by atoms with van der Waals surface area (Å²) in [5, 5.41) is 11.8. The average molecular weight is 437 g/mol. The molecule has 1 aliphatic heterocycles. The van der Waals surface area contributed by atoms with E-state index in [0.29, 0.717) is 12.2 Å². The molecule has 32 heavy (non-hydrogen) atoms. The van der Waals surface area contributed by atoms with Gasteiger partial charge in [0.25, 0.3) is 0 Å². The van der Waals surface area contributed by atoms with Crippen molar-refractivity contribution in [3.8, 4) is 5.69 Å². The van der Waals surface area contributed by atoms with Gasteiger partial charge in [-0.1, -0.05) is 13.8 Å². The molecule has 0 bridgehead atoms. The van der Waals surface area contributed by atoms with Gasteiger partial charge in [0.05, 0.1) is 24.1 Å². The fourth-order valence-corrected chi connectivity index (χ4v) is 5.13. The Morgan fingerprint density at radius 2 is 2.03 bits per heavy atom. The Bertz CT molecular complexity index is 1170. The number of morpholine rings is 1. The zero-order chi connectivity index (χ0) is 22.5. The Hall–Kier alpha value is -2.84. The maximum Gasteiger partial charge on any atom is 0.165 e. The summed E-state index contributed by atoms with van der Waals surface area (Å²) >= 11 is 0. The fourth-order valence-electron chi connectivity index (χ4n) is 5.13. The van der Waals surface area contributed by atoms with Crippen LogP contribution in [0.25, 0.3) is 16.6 Å². The van der Waals surface area contributed by atoms with Crippen LogP contribution in [0.4, 0.5) is 11.5 Å². The number of Topliss-reactive ketones (excluding diaryl/α,β-unsaturated/α-hetero) is 1. The second-order valence-corrected chi connectivity index (χ2v) is 9.85. The van der Waals surface area contributed by atoms with E-state index < -0.39 is 0 Å². The summed E-state index contributed by atoms with van der Waals surface area (Å²) in [4.78, 5) is 15.3. The van der Waals surface area contributed by atoms with Crippen molar-refractivity contribution in [1.29, 1.82) is 0 Å². The molecule has 0 saturated carbocycles. The van der Waals surface area contributed by atoms with Crippen LogP contribution >= 0.6 is 0 Å². The Balaban J connectivity index is 1.51. The lowest BCUT2D eigenvalue weighted by molar-refractivity contribution is 0.0398. The summed E-state index contributed by atoms with van der Waals surface area (Å²) in [6, 6.07) is 4.19. The third kappa shape index (κ3) is 3.78. The van der Waals surface area contributed by atoms with Crippen molar-refractivity contribution in [3.63, 3.8) is 0 Å². The van der Waals surface area contributed by atoms with E-state index in [-0.39, 0.29) is 11.2 Å². The summed E-state index contributed by atoms with van der Waals surface area (Å²) in [6.07, 6.45) is 3.54. The Labute approximate surface area is 188 Å². The van der Waals surface area contributed by atoms with E-state index in [4.69, 9.17) is 10.5 Å². The number of fused-ring (bicyclic) bond motifs is 2. The first-order valence-electron chi connectivity index (χ1n) is 11.4. The number of nitrogen functional groups attached to an aromatic ring is 1. The lowest BCUT2D eigenvalue weighted by Crippen LogP contribution is -2.39. The van der Waals surface area contributed by atoms with E-state index in [1.165, 1.54) is 0 Å². The molecular weight excluding hydrogens is 404 g/mol. The largest absolute Gasteiger partial charge is 0.383 e. The maximum absolute atomic E-state index is 12.9. The summed E-state index contributed by atoms with van der Waals surface area (Å²) in [7, 11) is 0. The second kappa shape index (κ2) is 7.94. The summed E-state index contributed by atoms with van der Waals surface area (Å²) in [6.45, 7) is 11.6. The SMILES string of the molecule is Cc1cn(-c2cc(NCCN3CCOCC3)c3c(N)n[nH]c3c2)c2c1C(=O)CC(C)(C)C2. The van der Waals surface area contributed by atoms with E-state index in [9.17, 15) is 4.79 Å². The number of nitrogens with one attached hydrogen (secondary N) is 2. The summed E-state index contributed by atoms with van der Waals surface area (Å²) in [5.41, 5.74) is 12.0. The van der Waals surface area contributed by atoms with Crippen LogP contribution in [0.15, 0.2) is 18.3 Å². The van der Waals surface area contributed by atoms with Crippen LogP contribution in [0.5, 0.6) is 0 Å². The molecule has 8 nitrogen and oxygen atoms in total. The zero-order valence-corrected chi connectivity index (χ0v) is 19.1. The number of aromatic amines is 1. The monoisotopic (exact) mass is 436 g/mol. The van der Waals surface area contributed by atoms with Gasteiger partial charge >= 0.3 is 0 Å². The Morgan fingerprint density at radius 3 is 2.81 bits per heavy atom. The van der Waals surface area contributed by atoms with Crippen LogP contribution < -0.4 is 11.1 Å². The quantitative estimate of drug-likeness (QED) is 0.568. The van der Waals surface area contributed by atoms with Gasteiger partial charge in [0, 0.05) is 61.4 Å². The van der Waals surface area contributed by atoms with Gasteiger partial charge < -0.3 is 20.4 Å². The number of carbonyl (C=O) groups is 1. The number of H-pyrrole nitrogens is 1. The van der Waals surface area contributed by atoms with Crippen molar-refractivity contribution in [1.82, 2.24) is 19.7 Å². The van der Waals surface area contributed by atoms with Gasteiger partial charge in [-0.3, -0.25) is 14.8 Å². The molecule has 5 rings (SSSR count). The minimum Gasteiger partial charge on any atom is -0.383 e. The number of nitrogens with two attached hydrogens (primary N) is 1. The molecule has 2 aromatic heterocycles. The van der Waals surface area contributed by atoms with Crippen molar-refractivity contribution in [3.05, 3.63) is 35.2 Å². The molecule has 3 aromatic rings. The highest BCUT2D eigenvalue weighted by Crippen LogP contribution is 2.39. The molecule has 1 aromatic carbocycles. The smallest absolute Gasteiger partial charge is 0.165 e. The molecule has 2 aliphatic rings. The minimum atomic E-state index is -0.0472. The van der Waals surface area contributed by atoms with Crippen molar-refractivity contribution < 1.29 is 9.53 Å². The van der Waals surface area contributed by atoms with E-state index >= 15 is 0 Å². The first kappa shape index (κ1) is 21.0. The Kier molecular flexibility index (Phi) is 5.22. The first-order valence-corrected chi connectivity index (χ1v) is 11.4. The van der Waals surface area contributed by atoms with Crippen LogP contribution in [0, 0.1) is 12.3 Å². The van der Waals surface area contributed by atoms with Gasteiger partial charge in [0.2, 0.25) is 0 Å². The number of ether oxygens (including phenoxy) is 1. The zero-order valence-electron chi connectivity index (χ0n) is 19.1. The number of hydrogen-bond donors (Lipinski definition) is 3. The number of rotatable bonds is 5. The summed E-state index contributed by atoms with van der Waals surface area (Å²) < 4.78 is 7.62. The predicted molar refractivity (Wildman–Crippen MR) is 127 cm³/mol. The third-order valence-corrected chi connectivity index (χ3v) is 6.66. The molecular formula is C24H32N6O2. The molecule has 1 aliphatic carbocycles. The van der Waals surface area contributed by atoms with Crippen LogP contribution in [-0.2, 0) is 11.2 Å². The number of ketones is 1. The highest BCUT2D eigenvalue weighted by molar-refractivity contribution is 6.02. The predicted octanol–water partition coefficient (Wildman–Crippen LogP) is 3.14. The van der Waals surface area contributed by atoms with E-state index in [1.54, 1.807) is 0 Å². The molecule has 4 N–H and O–H groups in total. The molecule has 1 saturated heterocycles. The summed E-state index contributed by atoms with van der Waals surface area (Å²) in [5.74, 6) is 0.727. The van der Waals surface area contributed by atoms with E-state index in [2.05, 4.69) is 57.2 Å². The van der Waals surface area contributed by atoms with Crippen LogP contribution in [-0.4, -0.2) is 64.8 Å². The normalized spacial score (nSPS) is 18.8. The number of carbonyl (C=O) groups excluding carboxylic acids is 1. The lowest BCUT2D eigenvalue weighted by Gasteiger charge is -2.30. The van der Waals surface area contributed by atoms with Crippen molar-refractivity contribution in [2.75, 3.05) is 50.4 Å². The van der Waals surface area contributed by atoms with Gasteiger partial charge in [-0.05, 0) is 36.5 Å². The number of nitrogens with zero attached hydrogens (tertiary/aromatic N) is 3. The molecule has 8 heteroatoms. The molecule has 0 unspecified atom stereocenters. The van der Waals surface area contributed by atoms with Gasteiger partial charge in [-0.15, -0.1) is 0 Å². The molecule has 0 amide bonds. The van der Waals surface area contributed by atoms with E-state index in [1.807, 2.05) is 6.92 Å². The number of anilines is 2. The molecule has 0 atom stereocenters. The third-order valence-electron chi connectivity index (χ3n) is 6.66. The van der Waals surface area contributed by atoms with Gasteiger partial charge in [0.1, 0.15) is 0 Å². The minimum absolute atomic E-state index is 0.0472. The van der Waals surface area contributed by atoms with E-state index in [0.717, 1.165) is 84.9 Å². The van der Waals surface area contributed by atoms with Crippen molar-refractivity contribution >= 4 is 28.2 Å². The second-order valence-electron chi connectivity index (χ2n) is 9.85. The van der Waals surface area contributed by atoms with Gasteiger partial charge in [-0.25, -0.2) is 0 Å². The molecule has 0 spiro atoms. The number of aryl methyl sites for hydroxylation is 1. The van der Waals surface area contributed by atoms with Crippen LogP contribution in [0.3, 0.4) is 0 Å². The Morgan fingerprint density at radius 1 is 1.25 bits per heavy atom. The number of benzene rings is 1. The van der Waals surface area contributed by atoms with Gasteiger partial charge in [0.15, 0.2) is 11.6 Å². The highest BCUT2D eigenvalue weighted by atomic mass is 16.5. The molecule has 170 valence electrons. The molecule has 1 fully saturated rings. The number of hydrogen-bond acceptors (Lipinski definition) is 6. The van der Waals surface area contributed by atoms with Crippen molar-refractivity contribution in [2.24, 2.45) is 5.41 Å². The van der Waals surface area contributed by atoms with Gasteiger partial charge in [-0.2, -0.15) is 5.10 Å². The average Bonchev–Trinajstić information content (AvgIpc) is 3.28. The van der Waals surface area contributed by atoms with Crippen LogP contribution in [0.2, 0.25) is 0 Å². The van der Waals surface area contributed by atoms with Crippen LogP contribution in [0.1, 0.15) is 41.9 Å². The molecule has 0 radical (unpaired) electrons. The standard InChI is InChI=1S/C24H32N6O2/c1-15-14-30(19-12-24(2,3)13-20(31)21(15)19)16-10-17(22-18(11-16)27-28-23(22)25)26-4-5-29-6-8-32-9-7-29/h10-11,14,26H,4-9,12-13H2,1-3H3,(H3,25,27,28). The fraction of sp³-hybridized carbons (Fsp3) is 0.500. The first-order chi connectivity index (χ1) is 15.3. The number of aromatic nitrogens is 3. The topological polar surface area (TPSA) is 101 Å². The maximum atomic E-state index is 12.9. The highest BCUT2D eigenvalue weighted by Gasteiger charge is 2.34. The van der Waals surface area contributed by atoms with Crippen molar-refractivity contribution in [2.45, 2.75) is 33.6 Å². The molecule has 3 heterocycles.